The Labute approximate surface area is 197 Å². The lowest BCUT2D eigenvalue weighted by Crippen LogP contribution is -2.38. The van der Waals surface area contributed by atoms with Gasteiger partial charge in [0.2, 0.25) is 0 Å². The average Bonchev–Trinajstić information content (AvgIpc) is 2.73. The molecule has 0 saturated heterocycles. The van der Waals surface area contributed by atoms with Crippen molar-refractivity contribution in [3.8, 4) is 5.75 Å². The molecule has 1 aromatic carbocycles. The Bertz CT molecular complexity index is 966. The van der Waals surface area contributed by atoms with E-state index < -0.39 is 0 Å². The third kappa shape index (κ3) is 6.97. The summed E-state index contributed by atoms with van der Waals surface area (Å²) in [4.78, 5) is 17.4. The summed E-state index contributed by atoms with van der Waals surface area (Å²) in [5.74, 6) is 1.61. The summed E-state index contributed by atoms with van der Waals surface area (Å²) in [5.41, 5.74) is 9.96. The highest BCUT2D eigenvalue weighted by Crippen LogP contribution is 2.24. The van der Waals surface area contributed by atoms with Crippen molar-refractivity contribution in [1.29, 1.82) is 0 Å². The van der Waals surface area contributed by atoms with Crippen LogP contribution in [-0.4, -0.2) is 58.6 Å². The molecule has 0 unspecified atom stereocenters. The highest BCUT2D eigenvalue weighted by Gasteiger charge is 2.19. The molecule has 1 heterocycles. The molecule has 0 atom stereocenters. The van der Waals surface area contributed by atoms with Crippen molar-refractivity contribution < 1.29 is 4.74 Å². The molecule has 2 N–H and O–H groups in total. The van der Waals surface area contributed by atoms with Gasteiger partial charge in [-0.3, -0.25) is 0 Å². The maximum Gasteiger partial charge on any atom is 0.290 e. The second-order valence-corrected chi connectivity index (χ2v) is 9.39. The van der Waals surface area contributed by atoms with Gasteiger partial charge in [-0.25, -0.2) is 9.97 Å². The molecule has 0 radical (unpaired) electrons. The number of aromatic nitrogens is 2. The lowest BCUT2D eigenvalue weighted by Gasteiger charge is -2.32. The lowest BCUT2D eigenvalue weighted by molar-refractivity contribution is 0.357. The Hall–Kier alpha value is -2.58. The van der Waals surface area contributed by atoms with Gasteiger partial charge in [0, 0.05) is 19.1 Å². The quantitative estimate of drug-likeness (QED) is 0.385. The maximum atomic E-state index is 6.10. The summed E-state index contributed by atoms with van der Waals surface area (Å²) < 4.78 is 5.82. The number of nitrogens with zero attached hydrogens (tertiary/aromatic N) is 5. The summed E-state index contributed by atoms with van der Waals surface area (Å²) >= 11 is 5.31. The van der Waals surface area contributed by atoms with Crippen LogP contribution >= 0.6 is 12.2 Å². The number of benzene rings is 1. The fraction of sp³-hybridized carbons (Fsp3) is 0.500. The normalized spacial score (nSPS) is 12.2. The van der Waals surface area contributed by atoms with E-state index in [2.05, 4.69) is 67.6 Å². The molecule has 2 aromatic rings. The average molecular weight is 457 g/mol. The molecule has 0 amide bonds. The molecular weight excluding hydrogens is 420 g/mol. The van der Waals surface area contributed by atoms with Crippen LogP contribution in [0.1, 0.15) is 50.1 Å². The van der Waals surface area contributed by atoms with Gasteiger partial charge < -0.3 is 20.3 Å². The molecule has 0 aliphatic heterocycles. The van der Waals surface area contributed by atoms with Gasteiger partial charge in [0.1, 0.15) is 17.3 Å². The zero-order valence-corrected chi connectivity index (χ0v) is 21.4. The highest BCUT2D eigenvalue weighted by atomic mass is 32.1. The van der Waals surface area contributed by atoms with E-state index in [1.165, 1.54) is 11.1 Å². The van der Waals surface area contributed by atoms with Crippen LogP contribution in [0.15, 0.2) is 29.5 Å². The Balaban J connectivity index is 2.10. The Kier molecular flexibility index (Phi) is 8.69. The fourth-order valence-electron chi connectivity index (χ4n) is 2.94. The zero-order valence-electron chi connectivity index (χ0n) is 20.6. The van der Waals surface area contributed by atoms with Crippen LogP contribution in [0.2, 0.25) is 0 Å². The standard InChI is InChI=1S/C24H36N6OS/c1-9-29(7)11-10-18-12-17(3)20(13-16(18)2)31-23(32)28-22(25)19-14-27-21(15-26-19)30(8)24(4,5)6/h12-15H,9-11H2,1-8H3,(H2,25,28,32). The highest BCUT2D eigenvalue weighted by molar-refractivity contribution is 7.80. The predicted molar refractivity (Wildman–Crippen MR) is 137 cm³/mol. The molecule has 2 rings (SSSR count). The second kappa shape index (κ2) is 10.8. The summed E-state index contributed by atoms with van der Waals surface area (Å²) in [7, 11) is 4.10. The molecule has 0 bridgehead atoms. The van der Waals surface area contributed by atoms with Gasteiger partial charge in [-0.2, -0.15) is 4.99 Å². The van der Waals surface area contributed by atoms with Crippen molar-refractivity contribution in [3.05, 3.63) is 46.9 Å². The fourth-order valence-corrected chi connectivity index (χ4v) is 3.13. The van der Waals surface area contributed by atoms with Gasteiger partial charge >= 0.3 is 0 Å². The molecule has 174 valence electrons. The van der Waals surface area contributed by atoms with Crippen LogP contribution in [-0.2, 0) is 6.42 Å². The van der Waals surface area contributed by atoms with Gasteiger partial charge in [-0.05, 0) is 89.6 Å². The number of hydrogen-bond acceptors (Lipinski definition) is 6. The van der Waals surface area contributed by atoms with E-state index in [-0.39, 0.29) is 16.5 Å². The topological polar surface area (TPSA) is 79.9 Å². The van der Waals surface area contributed by atoms with Crippen LogP contribution in [0.5, 0.6) is 5.75 Å². The van der Waals surface area contributed by atoms with E-state index in [0.717, 1.165) is 30.9 Å². The van der Waals surface area contributed by atoms with Gasteiger partial charge in [0.25, 0.3) is 5.17 Å². The van der Waals surface area contributed by atoms with E-state index >= 15 is 0 Å². The van der Waals surface area contributed by atoms with E-state index in [1.807, 2.05) is 24.9 Å². The van der Waals surface area contributed by atoms with E-state index in [4.69, 9.17) is 22.7 Å². The molecule has 32 heavy (non-hydrogen) atoms. The number of aliphatic imine (C=N–C) groups is 1. The molecule has 0 aliphatic carbocycles. The number of aryl methyl sites for hydroxylation is 2. The number of thiocarbonyl (C=S) groups is 1. The van der Waals surface area contributed by atoms with Crippen molar-refractivity contribution in [2.45, 2.75) is 53.5 Å². The van der Waals surface area contributed by atoms with Crippen LogP contribution in [0.25, 0.3) is 0 Å². The van der Waals surface area contributed by atoms with Gasteiger partial charge in [-0.15, -0.1) is 0 Å². The molecule has 0 spiro atoms. The Morgan fingerprint density at radius 2 is 1.81 bits per heavy atom. The summed E-state index contributed by atoms with van der Waals surface area (Å²) in [6.45, 7) is 14.6. The number of ether oxygens (including phenoxy) is 1. The van der Waals surface area contributed by atoms with Crippen LogP contribution in [0, 0.1) is 13.8 Å². The van der Waals surface area contributed by atoms with Crippen molar-refractivity contribution in [2.75, 3.05) is 32.1 Å². The predicted octanol–water partition coefficient (Wildman–Crippen LogP) is 3.89. The Morgan fingerprint density at radius 1 is 1.12 bits per heavy atom. The zero-order chi connectivity index (χ0) is 24.1. The largest absolute Gasteiger partial charge is 0.430 e. The number of nitrogens with two attached hydrogens (primary N) is 1. The number of likely N-dealkylation sites (N-methyl/N-ethyl adjacent to an activating group) is 1. The number of anilines is 1. The van der Waals surface area contributed by atoms with Crippen molar-refractivity contribution >= 4 is 29.0 Å². The molecule has 0 aliphatic rings. The number of rotatable bonds is 7. The van der Waals surface area contributed by atoms with Crippen molar-refractivity contribution in [3.63, 3.8) is 0 Å². The first-order chi connectivity index (χ1) is 14.9. The van der Waals surface area contributed by atoms with Gasteiger partial charge in [0.05, 0.1) is 12.4 Å². The van der Waals surface area contributed by atoms with Gasteiger partial charge in [0.15, 0.2) is 5.84 Å². The van der Waals surface area contributed by atoms with Crippen LogP contribution < -0.4 is 15.4 Å². The monoisotopic (exact) mass is 456 g/mol. The van der Waals surface area contributed by atoms with E-state index in [1.54, 1.807) is 12.4 Å². The van der Waals surface area contributed by atoms with Gasteiger partial charge in [-0.1, -0.05) is 13.0 Å². The smallest absolute Gasteiger partial charge is 0.290 e. The third-order valence-corrected chi connectivity index (χ3v) is 5.77. The third-order valence-electron chi connectivity index (χ3n) is 5.60. The molecular formula is C24H36N6OS. The first-order valence-corrected chi connectivity index (χ1v) is 11.2. The minimum Gasteiger partial charge on any atom is -0.430 e. The number of amidine groups is 1. The van der Waals surface area contributed by atoms with Crippen LogP contribution in [0.4, 0.5) is 5.82 Å². The van der Waals surface area contributed by atoms with E-state index in [0.29, 0.717) is 11.4 Å². The second-order valence-electron chi connectivity index (χ2n) is 9.04. The lowest BCUT2D eigenvalue weighted by atomic mass is 10.0. The molecule has 0 saturated carbocycles. The summed E-state index contributed by atoms with van der Waals surface area (Å²) in [6, 6.07) is 4.16. The number of hydrogen-bond donors (Lipinski definition) is 1. The summed E-state index contributed by atoms with van der Waals surface area (Å²) in [6.07, 6.45) is 4.26. The Morgan fingerprint density at radius 3 is 2.38 bits per heavy atom. The minimum atomic E-state index is -0.0668. The molecule has 7 nitrogen and oxygen atoms in total. The van der Waals surface area contributed by atoms with E-state index in [9.17, 15) is 0 Å². The SMILES string of the molecule is CCN(C)CCc1cc(C)c(OC(=S)/N=C(\N)c2cnc(N(C)C(C)(C)C)cn2)cc1C. The minimum absolute atomic E-state index is 0.0427. The molecule has 1 aromatic heterocycles. The summed E-state index contributed by atoms with van der Waals surface area (Å²) in [5, 5.41) is 0.0427. The molecule has 8 heteroatoms. The maximum absolute atomic E-state index is 6.10. The first-order valence-electron chi connectivity index (χ1n) is 10.8. The van der Waals surface area contributed by atoms with Crippen molar-refractivity contribution in [2.24, 2.45) is 10.7 Å². The van der Waals surface area contributed by atoms with Crippen molar-refractivity contribution in [1.82, 2.24) is 14.9 Å². The van der Waals surface area contributed by atoms with Crippen LogP contribution in [0.3, 0.4) is 0 Å². The first kappa shape index (κ1) is 25.7. The molecule has 0 fully saturated rings.